The van der Waals surface area contributed by atoms with E-state index in [0.717, 1.165) is 45.4 Å². The first kappa shape index (κ1) is 16.1. The summed E-state index contributed by atoms with van der Waals surface area (Å²) in [7, 11) is 0. The number of amides is 1. The van der Waals surface area contributed by atoms with E-state index in [4.69, 9.17) is 5.73 Å². The highest BCUT2D eigenvalue weighted by molar-refractivity contribution is 5.80. The number of benzene rings is 1. The number of piperidine rings is 1. The second-order valence-corrected chi connectivity index (χ2v) is 7.72. The molecule has 3 fully saturated rings. The molecule has 24 heavy (non-hydrogen) atoms. The van der Waals surface area contributed by atoms with E-state index < -0.39 is 0 Å². The monoisotopic (exact) mass is 327 g/mol. The topological polar surface area (TPSA) is 49.6 Å². The van der Waals surface area contributed by atoms with Gasteiger partial charge in [0.15, 0.2) is 0 Å². The number of rotatable bonds is 3. The van der Waals surface area contributed by atoms with E-state index >= 15 is 0 Å². The van der Waals surface area contributed by atoms with Crippen molar-refractivity contribution in [3.63, 3.8) is 0 Å². The van der Waals surface area contributed by atoms with Gasteiger partial charge in [-0.1, -0.05) is 30.3 Å². The van der Waals surface area contributed by atoms with E-state index in [1.807, 2.05) is 0 Å². The number of nitrogens with two attached hydrogens (primary N) is 1. The number of carbonyl (C=O) groups is 1. The molecule has 3 aliphatic heterocycles. The fraction of sp³-hybridized carbons (Fsp3) is 0.650. The number of likely N-dealkylation sites (tertiary alicyclic amines) is 1. The van der Waals surface area contributed by atoms with Crippen LogP contribution in [0.4, 0.5) is 0 Å². The van der Waals surface area contributed by atoms with E-state index in [9.17, 15) is 4.79 Å². The molecule has 4 rings (SSSR count). The predicted molar refractivity (Wildman–Crippen MR) is 95.4 cm³/mol. The Morgan fingerprint density at radius 1 is 1.08 bits per heavy atom. The van der Waals surface area contributed by atoms with Crippen molar-refractivity contribution in [3.8, 4) is 0 Å². The molecule has 3 atom stereocenters. The predicted octanol–water partition coefficient (Wildman–Crippen LogP) is 2.41. The van der Waals surface area contributed by atoms with Gasteiger partial charge in [-0.2, -0.15) is 0 Å². The van der Waals surface area contributed by atoms with E-state index in [1.54, 1.807) is 0 Å². The van der Waals surface area contributed by atoms with Crippen LogP contribution in [0.1, 0.15) is 43.7 Å². The summed E-state index contributed by atoms with van der Waals surface area (Å²) >= 11 is 0. The molecule has 2 N–H and O–H groups in total. The summed E-state index contributed by atoms with van der Waals surface area (Å²) in [6.45, 7) is 3.71. The highest BCUT2D eigenvalue weighted by Crippen LogP contribution is 2.45. The van der Waals surface area contributed by atoms with Gasteiger partial charge in [0.2, 0.25) is 5.91 Å². The zero-order valence-electron chi connectivity index (χ0n) is 14.4. The molecule has 1 amide bonds. The van der Waals surface area contributed by atoms with E-state index in [0.29, 0.717) is 23.9 Å². The van der Waals surface area contributed by atoms with Gasteiger partial charge in [-0.25, -0.2) is 0 Å². The lowest BCUT2D eigenvalue weighted by Gasteiger charge is -2.34. The Hall–Kier alpha value is -1.39. The molecule has 4 nitrogen and oxygen atoms in total. The van der Waals surface area contributed by atoms with Crippen LogP contribution < -0.4 is 5.73 Å². The molecule has 0 aromatic heterocycles. The average Bonchev–Trinajstić information content (AvgIpc) is 3.24. The second kappa shape index (κ2) is 6.85. The maximum Gasteiger partial charge on any atom is 0.227 e. The van der Waals surface area contributed by atoms with Gasteiger partial charge in [-0.05, 0) is 56.7 Å². The van der Waals surface area contributed by atoms with Crippen LogP contribution in [0.2, 0.25) is 0 Å². The van der Waals surface area contributed by atoms with Crippen LogP contribution in [0.15, 0.2) is 30.3 Å². The third kappa shape index (κ3) is 2.86. The minimum Gasteiger partial charge on any atom is -0.342 e. The molecule has 4 heteroatoms. The highest BCUT2D eigenvalue weighted by atomic mass is 16.2. The summed E-state index contributed by atoms with van der Waals surface area (Å²) in [6, 6.07) is 11.6. The van der Waals surface area contributed by atoms with Crippen molar-refractivity contribution in [3.05, 3.63) is 35.9 Å². The van der Waals surface area contributed by atoms with E-state index in [1.165, 1.54) is 18.4 Å². The Kier molecular flexibility index (Phi) is 4.59. The molecule has 3 heterocycles. The van der Waals surface area contributed by atoms with Gasteiger partial charge < -0.3 is 10.6 Å². The minimum absolute atomic E-state index is 0.187. The highest BCUT2D eigenvalue weighted by Gasteiger charge is 2.48. The van der Waals surface area contributed by atoms with Crippen LogP contribution in [0, 0.1) is 11.8 Å². The zero-order chi connectivity index (χ0) is 16.5. The van der Waals surface area contributed by atoms with E-state index in [-0.39, 0.29) is 5.92 Å². The molecular formula is C20H29N3O. The normalized spacial score (nSPS) is 31.4. The van der Waals surface area contributed by atoms with Crippen molar-refractivity contribution < 1.29 is 4.79 Å². The molecule has 0 unspecified atom stereocenters. The van der Waals surface area contributed by atoms with Gasteiger partial charge in [0.05, 0.1) is 5.92 Å². The minimum atomic E-state index is 0.187. The van der Waals surface area contributed by atoms with Crippen molar-refractivity contribution in [1.82, 2.24) is 9.80 Å². The maximum atomic E-state index is 13.2. The number of fused-ring (bicyclic) bond motifs is 1. The van der Waals surface area contributed by atoms with Gasteiger partial charge in [-0.15, -0.1) is 0 Å². The van der Waals surface area contributed by atoms with Crippen molar-refractivity contribution in [2.75, 3.05) is 26.2 Å². The lowest BCUT2D eigenvalue weighted by molar-refractivity contribution is -0.137. The summed E-state index contributed by atoms with van der Waals surface area (Å²) in [5.41, 5.74) is 7.17. The average molecular weight is 327 g/mol. The number of hydrogen-bond donors (Lipinski definition) is 1. The van der Waals surface area contributed by atoms with Crippen LogP contribution in [-0.2, 0) is 4.79 Å². The largest absolute Gasteiger partial charge is 0.342 e. The summed E-state index contributed by atoms with van der Waals surface area (Å²) in [6.07, 6.45) is 5.55. The fourth-order valence-corrected chi connectivity index (χ4v) is 5.06. The van der Waals surface area contributed by atoms with E-state index in [2.05, 4.69) is 40.1 Å². The summed E-state index contributed by atoms with van der Waals surface area (Å²) < 4.78 is 0. The summed E-state index contributed by atoms with van der Waals surface area (Å²) in [5, 5.41) is 0. The third-order valence-electron chi connectivity index (χ3n) is 6.45. The van der Waals surface area contributed by atoms with Gasteiger partial charge in [0.1, 0.15) is 0 Å². The van der Waals surface area contributed by atoms with Crippen molar-refractivity contribution in [1.29, 1.82) is 0 Å². The summed E-state index contributed by atoms with van der Waals surface area (Å²) in [4.78, 5) is 17.9. The summed E-state index contributed by atoms with van der Waals surface area (Å²) in [5.74, 6) is 1.20. The lowest BCUT2D eigenvalue weighted by atomic mass is 9.91. The number of hydrogen-bond acceptors (Lipinski definition) is 3. The van der Waals surface area contributed by atoms with Gasteiger partial charge in [0, 0.05) is 25.2 Å². The fourth-order valence-electron chi connectivity index (χ4n) is 5.06. The van der Waals surface area contributed by atoms with Gasteiger partial charge in [0.25, 0.3) is 0 Å². The molecule has 0 radical (unpaired) electrons. The molecule has 0 aliphatic carbocycles. The number of nitrogens with zero attached hydrogens (tertiary/aromatic N) is 2. The van der Waals surface area contributed by atoms with Crippen LogP contribution in [-0.4, -0.2) is 47.9 Å². The third-order valence-corrected chi connectivity index (χ3v) is 6.45. The molecule has 1 aromatic rings. The Morgan fingerprint density at radius 3 is 2.54 bits per heavy atom. The van der Waals surface area contributed by atoms with Crippen molar-refractivity contribution >= 4 is 5.91 Å². The maximum absolute atomic E-state index is 13.2. The quantitative estimate of drug-likeness (QED) is 0.927. The second-order valence-electron chi connectivity index (χ2n) is 7.72. The Morgan fingerprint density at radius 2 is 1.83 bits per heavy atom. The molecule has 0 spiro atoms. The molecule has 0 bridgehead atoms. The Labute approximate surface area is 145 Å². The van der Waals surface area contributed by atoms with Crippen molar-refractivity contribution in [2.45, 2.75) is 44.2 Å². The molecular weight excluding hydrogens is 298 g/mol. The Balaban J connectivity index is 1.48. The molecule has 3 saturated heterocycles. The van der Waals surface area contributed by atoms with Crippen LogP contribution in [0.5, 0.6) is 0 Å². The van der Waals surface area contributed by atoms with Crippen molar-refractivity contribution in [2.24, 2.45) is 17.6 Å². The first-order valence-corrected chi connectivity index (χ1v) is 9.57. The first-order chi connectivity index (χ1) is 11.8. The van der Waals surface area contributed by atoms with Gasteiger partial charge >= 0.3 is 0 Å². The van der Waals surface area contributed by atoms with Crippen LogP contribution in [0.3, 0.4) is 0 Å². The first-order valence-electron chi connectivity index (χ1n) is 9.57. The SMILES string of the molecule is NCC1CCN(C(=O)[C@@H]2C[C@H](c3ccccc3)N3CCC[C@@H]23)CC1. The molecule has 130 valence electrons. The van der Waals surface area contributed by atoms with Crippen LogP contribution in [0.25, 0.3) is 0 Å². The smallest absolute Gasteiger partial charge is 0.227 e. The van der Waals surface area contributed by atoms with Gasteiger partial charge in [-0.3, -0.25) is 9.69 Å². The Bertz CT molecular complexity index is 568. The molecule has 0 saturated carbocycles. The molecule has 1 aromatic carbocycles. The standard InChI is InChI=1S/C20H29N3O/c21-14-15-8-11-22(12-9-15)20(24)17-13-19(16-5-2-1-3-6-16)23-10-4-7-18(17)23/h1-3,5-6,15,17-19H,4,7-14,21H2/t17-,18+,19-/m1/s1. The molecule has 3 aliphatic rings. The lowest BCUT2D eigenvalue weighted by Crippen LogP contribution is -2.45. The zero-order valence-corrected chi connectivity index (χ0v) is 14.4. The van der Waals surface area contributed by atoms with Crippen LogP contribution >= 0.6 is 0 Å². The number of carbonyl (C=O) groups excluding carboxylic acids is 1.